The number of amides is 1. The van der Waals surface area contributed by atoms with Crippen LogP contribution in [0.4, 0.5) is 10.1 Å². The van der Waals surface area contributed by atoms with Crippen LogP contribution in [0.3, 0.4) is 0 Å². The maximum Gasteiger partial charge on any atom is 0.345 e. The van der Waals surface area contributed by atoms with Crippen LogP contribution in [0, 0.1) is 5.82 Å². The number of ether oxygens (including phenoxy) is 1. The van der Waals surface area contributed by atoms with E-state index >= 15 is 0 Å². The highest BCUT2D eigenvalue weighted by molar-refractivity contribution is 5.91. The van der Waals surface area contributed by atoms with Crippen LogP contribution in [0.5, 0.6) is 0 Å². The molecule has 0 saturated carbocycles. The molecule has 48 heavy (non-hydrogen) atoms. The van der Waals surface area contributed by atoms with E-state index in [0.717, 1.165) is 23.1 Å². The van der Waals surface area contributed by atoms with Gasteiger partial charge in [0.25, 0.3) is 5.56 Å². The predicted molar refractivity (Wildman–Crippen MR) is 188 cm³/mol. The van der Waals surface area contributed by atoms with Crippen LogP contribution < -0.4 is 10.9 Å². The molecule has 9 heteroatoms. The van der Waals surface area contributed by atoms with Crippen molar-refractivity contribution >= 4 is 23.2 Å². The molecule has 0 spiro atoms. The van der Waals surface area contributed by atoms with Gasteiger partial charge in [0.05, 0.1) is 6.54 Å². The number of nitrogens with one attached hydrogen (secondary N) is 1. The number of aromatic nitrogens is 2. The molecule has 0 atom stereocenters. The first-order valence-electron chi connectivity index (χ1n) is 16.6. The number of esters is 1. The standard InChI is InChI=1S/C39H43FN4O4/c1-5-13-36(45)41-30-20-18-28(19-21-30)32-22-37-43(24-29-16-11-12-17-34(29)40)25-33(39(47)48-31(6-2)7-3)38(46)44(37)35(32)26-42(4)23-27-14-9-8-10-15-27/h8-12,14-22,25,31H,5-7,13,23-24,26H2,1-4H3,(H,41,45). The van der Waals surface area contributed by atoms with E-state index in [1.807, 2.05) is 88.5 Å². The van der Waals surface area contributed by atoms with Gasteiger partial charge in [-0.2, -0.15) is 0 Å². The Morgan fingerprint density at radius 1 is 0.917 bits per heavy atom. The lowest BCUT2D eigenvalue weighted by Gasteiger charge is -2.19. The maximum absolute atomic E-state index is 15.0. The van der Waals surface area contributed by atoms with Crippen LogP contribution in [-0.2, 0) is 29.2 Å². The Kier molecular flexibility index (Phi) is 11.2. The highest BCUT2D eigenvalue weighted by Gasteiger charge is 2.25. The zero-order valence-electron chi connectivity index (χ0n) is 28.0. The number of rotatable bonds is 14. The molecule has 0 unspecified atom stereocenters. The molecule has 1 amide bonds. The van der Waals surface area contributed by atoms with Crippen molar-refractivity contribution in [2.75, 3.05) is 12.4 Å². The Labute approximate surface area is 280 Å². The van der Waals surface area contributed by atoms with Gasteiger partial charge in [0.1, 0.15) is 23.1 Å². The third kappa shape index (κ3) is 7.91. The number of nitrogens with zero attached hydrogens (tertiary/aromatic N) is 3. The summed E-state index contributed by atoms with van der Waals surface area (Å²) in [5.41, 5.74) is 4.39. The molecule has 0 saturated heterocycles. The van der Waals surface area contributed by atoms with Gasteiger partial charge in [-0.15, -0.1) is 0 Å². The summed E-state index contributed by atoms with van der Waals surface area (Å²) in [7, 11) is 1.98. The quantitative estimate of drug-likeness (QED) is 0.125. The third-order valence-corrected chi connectivity index (χ3v) is 8.47. The molecule has 0 radical (unpaired) electrons. The van der Waals surface area contributed by atoms with E-state index in [2.05, 4.69) is 10.2 Å². The number of fused-ring (bicyclic) bond motifs is 1. The van der Waals surface area contributed by atoms with E-state index in [9.17, 15) is 18.8 Å². The number of hydrogen-bond acceptors (Lipinski definition) is 5. The molecule has 0 aliphatic rings. The molecular weight excluding hydrogens is 607 g/mol. The summed E-state index contributed by atoms with van der Waals surface area (Å²) in [5.74, 6) is -1.14. The van der Waals surface area contributed by atoms with Crippen LogP contribution in [-0.4, -0.2) is 38.9 Å². The number of halogens is 1. The van der Waals surface area contributed by atoms with Crippen LogP contribution >= 0.6 is 0 Å². The molecular formula is C39H43FN4O4. The third-order valence-electron chi connectivity index (χ3n) is 8.47. The lowest BCUT2D eigenvalue weighted by molar-refractivity contribution is -0.116. The Balaban J connectivity index is 1.69. The fourth-order valence-electron chi connectivity index (χ4n) is 5.91. The molecule has 0 aliphatic heterocycles. The zero-order chi connectivity index (χ0) is 34.2. The average molecular weight is 651 g/mol. The van der Waals surface area contributed by atoms with Crippen LogP contribution in [0.25, 0.3) is 16.8 Å². The number of carbonyl (C=O) groups is 2. The van der Waals surface area contributed by atoms with Gasteiger partial charge in [0.2, 0.25) is 5.91 Å². The maximum atomic E-state index is 15.0. The second-order valence-electron chi connectivity index (χ2n) is 12.1. The predicted octanol–water partition coefficient (Wildman–Crippen LogP) is 7.67. The SMILES string of the molecule is CCCC(=O)Nc1ccc(-c2cc3n(Cc4ccccc4F)cc(C(=O)OC(CC)CC)c(=O)n3c2CN(C)Cc2ccccc2)cc1. The van der Waals surface area contributed by atoms with Gasteiger partial charge in [-0.3, -0.25) is 18.9 Å². The van der Waals surface area contributed by atoms with Gasteiger partial charge >= 0.3 is 5.97 Å². The molecule has 5 aromatic rings. The number of hydrogen-bond donors (Lipinski definition) is 1. The average Bonchev–Trinajstić information content (AvgIpc) is 3.46. The second kappa shape index (κ2) is 15.7. The van der Waals surface area contributed by atoms with E-state index in [-0.39, 0.29) is 29.9 Å². The molecule has 0 bridgehead atoms. The first-order valence-corrected chi connectivity index (χ1v) is 16.6. The van der Waals surface area contributed by atoms with Crippen molar-refractivity contribution in [1.82, 2.24) is 13.9 Å². The summed E-state index contributed by atoms with van der Waals surface area (Å²) in [6.07, 6.45) is 3.57. The summed E-state index contributed by atoms with van der Waals surface area (Å²) in [4.78, 5) is 42.3. The van der Waals surface area contributed by atoms with E-state index in [1.165, 1.54) is 12.3 Å². The minimum atomic E-state index is -0.705. The van der Waals surface area contributed by atoms with Gasteiger partial charge in [0.15, 0.2) is 0 Å². The monoisotopic (exact) mass is 650 g/mol. The first kappa shape index (κ1) is 34.3. The molecule has 2 aromatic heterocycles. The Morgan fingerprint density at radius 2 is 1.60 bits per heavy atom. The highest BCUT2D eigenvalue weighted by Crippen LogP contribution is 2.30. The van der Waals surface area contributed by atoms with Crippen molar-refractivity contribution in [3.8, 4) is 11.1 Å². The van der Waals surface area contributed by atoms with Gasteiger partial charge in [-0.05, 0) is 61.7 Å². The molecule has 2 heterocycles. The summed E-state index contributed by atoms with van der Waals surface area (Å²) in [6.45, 7) is 6.90. The van der Waals surface area contributed by atoms with Crippen molar-refractivity contribution in [3.63, 3.8) is 0 Å². The van der Waals surface area contributed by atoms with Crippen molar-refractivity contribution in [2.24, 2.45) is 0 Å². The van der Waals surface area contributed by atoms with Crippen LogP contribution in [0.15, 0.2) is 95.9 Å². The second-order valence-corrected chi connectivity index (χ2v) is 12.1. The van der Waals surface area contributed by atoms with Crippen LogP contribution in [0.2, 0.25) is 0 Å². The van der Waals surface area contributed by atoms with Gasteiger partial charge in [0, 0.05) is 48.2 Å². The fraction of sp³-hybridized carbons (Fsp3) is 0.308. The van der Waals surface area contributed by atoms with Crippen LogP contribution in [0.1, 0.15) is 73.6 Å². The summed E-state index contributed by atoms with van der Waals surface area (Å²) in [5, 5.41) is 2.92. The van der Waals surface area contributed by atoms with E-state index in [4.69, 9.17) is 4.74 Å². The van der Waals surface area contributed by atoms with Crippen molar-refractivity contribution in [3.05, 3.63) is 130 Å². The molecule has 0 aliphatic carbocycles. The molecule has 250 valence electrons. The minimum absolute atomic E-state index is 0.0546. The van der Waals surface area contributed by atoms with E-state index in [1.54, 1.807) is 27.2 Å². The van der Waals surface area contributed by atoms with Gasteiger partial charge < -0.3 is 14.6 Å². The number of benzene rings is 3. The Hall–Kier alpha value is -5.02. The van der Waals surface area contributed by atoms with Gasteiger partial charge in [-0.25, -0.2) is 9.18 Å². The van der Waals surface area contributed by atoms with Gasteiger partial charge in [-0.1, -0.05) is 81.4 Å². The lowest BCUT2D eigenvalue weighted by atomic mass is 10.0. The van der Waals surface area contributed by atoms with Crippen molar-refractivity contribution in [1.29, 1.82) is 0 Å². The molecule has 8 nitrogen and oxygen atoms in total. The molecule has 3 aromatic carbocycles. The Morgan fingerprint density at radius 3 is 2.27 bits per heavy atom. The normalized spacial score (nSPS) is 11.4. The van der Waals surface area contributed by atoms with E-state index < -0.39 is 11.5 Å². The van der Waals surface area contributed by atoms with Crippen molar-refractivity contribution in [2.45, 2.75) is 72.2 Å². The molecule has 0 fully saturated rings. The van der Waals surface area contributed by atoms with E-state index in [0.29, 0.717) is 54.9 Å². The highest BCUT2D eigenvalue weighted by atomic mass is 19.1. The topological polar surface area (TPSA) is 85.0 Å². The molecule has 5 rings (SSSR count). The minimum Gasteiger partial charge on any atom is -0.459 e. The summed E-state index contributed by atoms with van der Waals surface area (Å²) in [6, 6.07) is 25.9. The summed E-state index contributed by atoms with van der Waals surface area (Å²) >= 11 is 0. The Bertz CT molecular complexity index is 1930. The smallest absolute Gasteiger partial charge is 0.345 e. The lowest BCUT2D eigenvalue weighted by Crippen LogP contribution is -2.30. The molecule has 1 N–H and O–H groups in total. The fourth-order valence-corrected chi connectivity index (χ4v) is 5.91. The van der Waals surface area contributed by atoms with Crippen molar-refractivity contribution < 1.29 is 18.7 Å². The summed E-state index contributed by atoms with van der Waals surface area (Å²) < 4.78 is 24.0. The number of anilines is 1. The largest absolute Gasteiger partial charge is 0.459 e. The first-order chi connectivity index (χ1) is 23.2. The zero-order valence-corrected chi connectivity index (χ0v) is 28.0. The number of carbonyl (C=O) groups excluding carboxylic acids is 2.